The van der Waals surface area contributed by atoms with Crippen molar-refractivity contribution in [2.75, 3.05) is 0 Å². The third-order valence-corrected chi connectivity index (χ3v) is 4.20. The molecule has 104 valence electrons. The summed E-state index contributed by atoms with van der Waals surface area (Å²) in [5, 5.41) is 0. The highest BCUT2D eigenvalue weighted by Gasteiger charge is 2.01. The molecule has 0 aliphatic rings. The van der Waals surface area contributed by atoms with Gasteiger partial charge in [-0.3, -0.25) is 0 Å². The van der Waals surface area contributed by atoms with Crippen molar-refractivity contribution in [1.29, 1.82) is 0 Å². The van der Waals surface area contributed by atoms with Crippen LogP contribution >= 0.6 is 15.9 Å². The predicted molar refractivity (Wildman–Crippen MR) is 94.4 cm³/mol. The van der Waals surface area contributed by atoms with Crippen molar-refractivity contribution in [2.45, 2.75) is 13.3 Å². The van der Waals surface area contributed by atoms with E-state index in [4.69, 9.17) is 0 Å². The fourth-order valence-corrected chi connectivity index (χ4v) is 2.89. The van der Waals surface area contributed by atoms with E-state index in [1.54, 1.807) is 0 Å². The summed E-state index contributed by atoms with van der Waals surface area (Å²) in [6.07, 6.45) is 1.07. The van der Waals surface area contributed by atoms with E-state index in [-0.39, 0.29) is 0 Å². The number of benzene rings is 3. The zero-order chi connectivity index (χ0) is 14.7. The van der Waals surface area contributed by atoms with Crippen LogP contribution in [-0.2, 0) is 6.42 Å². The maximum Gasteiger partial charge on any atom is 0.0181 e. The highest BCUT2D eigenvalue weighted by molar-refractivity contribution is 9.10. The Morgan fingerprint density at radius 3 is 1.81 bits per heavy atom. The Balaban J connectivity index is 1.93. The van der Waals surface area contributed by atoms with Crippen molar-refractivity contribution in [2.24, 2.45) is 0 Å². The Bertz CT molecular complexity index is 742. The summed E-state index contributed by atoms with van der Waals surface area (Å²) in [5.41, 5.74) is 6.41. The summed E-state index contributed by atoms with van der Waals surface area (Å²) in [6.45, 7) is 2.19. The van der Waals surface area contributed by atoms with Crippen LogP contribution in [0.1, 0.15) is 12.5 Å². The van der Waals surface area contributed by atoms with Gasteiger partial charge in [-0.1, -0.05) is 83.5 Å². The van der Waals surface area contributed by atoms with E-state index in [1.165, 1.54) is 27.8 Å². The van der Waals surface area contributed by atoms with Crippen molar-refractivity contribution < 1.29 is 0 Å². The lowest BCUT2D eigenvalue weighted by Crippen LogP contribution is -1.83. The predicted octanol–water partition coefficient (Wildman–Crippen LogP) is 6.35. The molecule has 0 fully saturated rings. The number of halogens is 1. The minimum atomic E-state index is 1.07. The first-order chi connectivity index (χ1) is 10.3. The van der Waals surface area contributed by atoms with E-state index in [2.05, 4.69) is 89.6 Å². The van der Waals surface area contributed by atoms with Gasteiger partial charge in [0.2, 0.25) is 0 Å². The van der Waals surface area contributed by atoms with Crippen molar-refractivity contribution in [1.82, 2.24) is 0 Å². The minimum absolute atomic E-state index is 1.07. The molecular formula is C20H17Br. The van der Waals surface area contributed by atoms with Gasteiger partial charge in [0.15, 0.2) is 0 Å². The fourth-order valence-electron chi connectivity index (χ4n) is 2.49. The number of aryl methyl sites for hydroxylation is 1. The van der Waals surface area contributed by atoms with E-state index in [0.29, 0.717) is 0 Å². The van der Waals surface area contributed by atoms with Crippen LogP contribution in [-0.4, -0.2) is 0 Å². The molecule has 1 heteroatoms. The molecule has 0 radical (unpaired) electrons. The molecule has 3 rings (SSSR count). The molecule has 0 N–H and O–H groups in total. The van der Waals surface area contributed by atoms with Gasteiger partial charge in [0.25, 0.3) is 0 Å². The zero-order valence-corrected chi connectivity index (χ0v) is 13.6. The third kappa shape index (κ3) is 3.25. The average molecular weight is 337 g/mol. The molecule has 3 aromatic rings. The lowest BCUT2D eigenvalue weighted by Gasteiger charge is -2.07. The van der Waals surface area contributed by atoms with Gasteiger partial charge in [-0.2, -0.15) is 0 Å². The van der Waals surface area contributed by atoms with E-state index < -0.39 is 0 Å². The molecule has 0 aromatic heterocycles. The molecule has 0 atom stereocenters. The van der Waals surface area contributed by atoms with Crippen molar-refractivity contribution in [3.8, 4) is 22.3 Å². The molecular weight excluding hydrogens is 320 g/mol. The quantitative estimate of drug-likeness (QED) is 0.523. The first kappa shape index (κ1) is 14.1. The molecule has 3 aromatic carbocycles. The molecule has 0 amide bonds. The minimum Gasteiger partial charge on any atom is -0.0614 e. The zero-order valence-electron chi connectivity index (χ0n) is 12.0. The van der Waals surface area contributed by atoms with E-state index in [9.17, 15) is 0 Å². The summed E-state index contributed by atoms with van der Waals surface area (Å²) >= 11 is 3.53. The third-order valence-electron chi connectivity index (χ3n) is 3.71. The number of hydrogen-bond donors (Lipinski definition) is 0. The average Bonchev–Trinajstić information content (AvgIpc) is 2.55. The second-order valence-corrected chi connectivity index (χ2v) is 6.06. The van der Waals surface area contributed by atoms with Crippen LogP contribution in [0, 0.1) is 0 Å². The van der Waals surface area contributed by atoms with E-state index in [0.717, 1.165) is 10.9 Å². The van der Waals surface area contributed by atoms with Crippen LogP contribution in [0.3, 0.4) is 0 Å². The molecule has 0 aliphatic heterocycles. The second-order valence-electron chi connectivity index (χ2n) is 5.14. The summed E-state index contributed by atoms with van der Waals surface area (Å²) in [6, 6.07) is 25.9. The first-order valence-corrected chi connectivity index (χ1v) is 8.01. The van der Waals surface area contributed by atoms with Gasteiger partial charge in [-0.15, -0.1) is 0 Å². The molecule has 0 heterocycles. The lowest BCUT2D eigenvalue weighted by atomic mass is 9.99. The maximum atomic E-state index is 3.53. The second kappa shape index (κ2) is 6.28. The van der Waals surface area contributed by atoms with Crippen LogP contribution in [0.5, 0.6) is 0 Å². The van der Waals surface area contributed by atoms with Crippen molar-refractivity contribution in [3.63, 3.8) is 0 Å². The molecule has 0 unspecified atom stereocenters. The van der Waals surface area contributed by atoms with Crippen LogP contribution in [0.15, 0.2) is 77.3 Å². The molecule has 0 saturated carbocycles. The highest BCUT2D eigenvalue weighted by atomic mass is 79.9. The van der Waals surface area contributed by atoms with Crippen LogP contribution in [0.25, 0.3) is 22.3 Å². The summed E-state index contributed by atoms with van der Waals surface area (Å²) in [4.78, 5) is 0. The molecule has 0 saturated heterocycles. The Morgan fingerprint density at radius 2 is 1.24 bits per heavy atom. The Hall–Kier alpha value is -1.86. The Kier molecular flexibility index (Phi) is 4.21. The largest absolute Gasteiger partial charge is 0.0614 e. The monoisotopic (exact) mass is 336 g/mol. The molecule has 21 heavy (non-hydrogen) atoms. The van der Waals surface area contributed by atoms with Crippen molar-refractivity contribution in [3.05, 3.63) is 82.8 Å². The van der Waals surface area contributed by atoms with Gasteiger partial charge >= 0.3 is 0 Å². The smallest absolute Gasteiger partial charge is 0.0181 e. The molecule has 0 aliphatic carbocycles. The fraction of sp³-hybridized carbons (Fsp3) is 0.100. The number of hydrogen-bond acceptors (Lipinski definition) is 0. The van der Waals surface area contributed by atoms with Gasteiger partial charge in [-0.05, 0) is 46.4 Å². The van der Waals surface area contributed by atoms with Crippen LogP contribution < -0.4 is 0 Å². The summed E-state index contributed by atoms with van der Waals surface area (Å²) < 4.78 is 1.11. The molecule has 0 bridgehead atoms. The summed E-state index contributed by atoms with van der Waals surface area (Å²) in [5.74, 6) is 0. The normalized spacial score (nSPS) is 10.6. The lowest BCUT2D eigenvalue weighted by molar-refractivity contribution is 1.14. The highest BCUT2D eigenvalue weighted by Crippen LogP contribution is 2.27. The van der Waals surface area contributed by atoms with E-state index >= 15 is 0 Å². The Labute approximate surface area is 134 Å². The SMILES string of the molecule is CCc1cccc(-c2ccc(-c3cccc(Br)c3)cc2)c1. The Morgan fingerprint density at radius 1 is 0.667 bits per heavy atom. The van der Waals surface area contributed by atoms with Gasteiger partial charge in [0.1, 0.15) is 0 Å². The van der Waals surface area contributed by atoms with Gasteiger partial charge < -0.3 is 0 Å². The first-order valence-electron chi connectivity index (χ1n) is 7.21. The van der Waals surface area contributed by atoms with Gasteiger partial charge in [-0.25, -0.2) is 0 Å². The topological polar surface area (TPSA) is 0 Å². The van der Waals surface area contributed by atoms with Crippen LogP contribution in [0.2, 0.25) is 0 Å². The summed E-state index contributed by atoms with van der Waals surface area (Å²) in [7, 11) is 0. The van der Waals surface area contributed by atoms with Crippen molar-refractivity contribution >= 4 is 15.9 Å². The molecule has 0 spiro atoms. The van der Waals surface area contributed by atoms with Gasteiger partial charge in [0, 0.05) is 4.47 Å². The van der Waals surface area contributed by atoms with E-state index in [1.807, 2.05) is 6.07 Å². The molecule has 0 nitrogen and oxygen atoms in total. The standard InChI is InChI=1S/C20H17Br/c1-2-15-5-3-6-18(13-15)16-9-11-17(12-10-16)19-7-4-8-20(21)14-19/h3-14H,2H2,1H3. The maximum absolute atomic E-state index is 3.53. The number of rotatable bonds is 3. The van der Waals surface area contributed by atoms with Gasteiger partial charge in [0.05, 0.1) is 0 Å². The van der Waals surface area contributed by atoms with Crippen LogP contribution in [0.4, 0.5) is 0 Å².